The predicted octanol–water partition coefficient (Wildman–Crippen LogP) is 1.08. The average molecular weight is 302 g/mol. The van der Waals surface area contributed by atoms with Gasteiger partial charge in [-0.3, -0.25) is 0 Å². The number of hydrogen-bond donors (Lipinski definition) is 3. The molecule has 22 heavy (non-hydrogen) atoms. The number of hydrogen-bond acceptors (Lipinski definition) is 7. The lowest BCUT2D eigenvalue weighted by Crippen LogP contribution is -2.34. The third-order valence-electron chi connectivity index (χ3n) is 4.00. The van der Waals surface area contributed by atoms with Gasteiger partial charge >= 0.3 is 0 Å². The Morgan fingerprint density at radius 3 is 2.77 bits per heavy atom. The SMILES string of the molecule is CNc1nc(NC2CNCC2OC)nc2nc(C)cc(C)c12. The normalized spacial score (nSPS) is 21.3. The van der Waals surface area contributed by atoms with Crippen molar-refractivity contribution in [3.05, 3.63) is 17.3 Å². The molecule has 2 aromatic rings. The van der Waals surface area contributed by atoms with Crippen LogP contribution in [0.15, 0.2) is 6.07 Å². The van der Waals surface area contributed by atoms with Crippen molar-refractivity contribution in [1.29, 1.82) is 0 Å². The van der Waals surface area contributed by atoms with Gasteiger partial charge in [0.25, 0.3) is 0 Å². The average Bonchev–Trinajstić information content (AvgIpc) is 2.92. The molecule has 0 saturated carbocycles. The molecule has 3 rings (SSSR count). The van der Waals surface area contributed by atoms with Gasteiger partial charge in [-0.05, 0) is 25.5 Å². The fraction of sp³-hybridized carbons (Fsp3) is 0.533. The van der Waals surface area contributed by atoms with Crippen LogP contribution < -0.4 is 16.0 Å². The molecule has 1 aliphatic heterocycles. The Kier molecular flexibility index (Phi) is 4.08. The molecule has 2 atom stereocenters. The molecule has 1 aliphatic rings. The maximum atomic E-state index is 5.47. The Morgan fingerprint density at radius 1 is 1.23 bits per heavy atom. The van der Waals surface area contributed by atoms with Crippen molar-refractivity contribution in [3.8, 4) is 0 Å². The van der Waals surface area contributed by atoms with Crippen molar-refractivity contribution in [2.45, 2.75) is 26.0 Å². The third kappa shape index (κ3) is 2.69. The number of rotatable bonds is 4. The molecule has 7 nitrogen and oxygen atoms in total. The highest BCUT2D eigenvalue weighted by molar-refractivity contribution is 5.90. The molecule has 1 fully saturated rings. The number of aryl methyl sites for hydroxylation is 2. The summed E-state index contributed by atoms with van der Waals surface area (Å²) < 4.78 is 5.47. The van der Waals surface area contributed by atoms with E-state index in [4.69, 9.17) is 4.74 Å². The molecule has 0 radical (unpaired) electrons. The van der Waals surface area contributed by atoms with E-state index in [0.717, 1.165) is 35.6 Å². The summed E-state index contributed by atoms with van der Waals surface area (Å²) in [5.41, 5.74) is 2.78. The lowest BCUT2D eigenvalue weighted by Gasteiger charge is -2.19. The zero-order chi connectivity index (χ0) is 15.7. The van der Waals surface area contributed by atoms with Crippen molar-refractivity contribution >= 4 is 22.8 Å². The second-order valence-corrected chi connectivity index (χ2v) is 5.61. The Morgan fingerprint density at radius 2 is 2.05 bits per heavy atom. The Labute approximate surface area is 129 Å². The summed E-state index contributed by atoms with van der Waals surface area (Å²) in [6, 6.07) is 2.19. The van der Waals surface area contributed by atoms with Crippen LogP contribution in [0.1, 0.15) is 11.3 Å². The second kappa shape index (κ2) is 6.02. The number of methoxy groups -OCH3 is 1. The molecule has 1 saturated heterocycles. The van der Waals surface area contributed by atoms with Crippen molar-refractivity contribution in [2.75, 3.05) is 37.9 Å². The monoisotopic (exact) mass is 302 g/mol. The first-order chi connectivity index (χ1) is 10.6. The summed E-state index contributed by atoms with van der Waals surface area (Å²) in [4.78, 5) is 13.7. The van der Waals surface area contributed by atoms with Gasteiger partial charge in [-0.15, -0.1) is 0 Å². The molecule has 0 aromatic carbocycles. The van der Waals surface area contributed by atoms with E-state index in [1.165, 1.54) is 0 Å². The minimum absolute atomic E-state index is 0.115. The zero-order valence-electron chi connectivity index (χ0n) is 13.4. The van der Waals surface area contributed by atoms with Crippen LogP contribution in [-0.2, 0) is 4.74 Å². The van der Waals surface area contributed by atoms with E-state index in [0.29, 0.717) is 11.6 Å². The summed E-state index contributed by atoms with van der Waals surface area (Å²) in [5, 5.41) is 10.8. The van der Waals surface area contributed by atoms with Crippen LogP contribution >= 0.6 is 0 Å². The minimum atomic E-state index is 0.115. The number of nitrogens with zero attached hydrogens (tertiary/aromatic N) is 3. The van der Waals surface area contributed by atoms with Crippen molar-refractivity contribution in [3.63, 3.8) is 0 Å². The number of fused-ring (bicyclic) bond motifs is 1. The largest absolute Gasteiger partial charge is 0.378 e. The highest BCUT2D eigenvalue weighted by Crippen LogP contribution is 2.25. The molecule has 0 amide bonds. The van der Waals surface area contributed by atoms with E-state index in [2.05, 4.69) is 37.8 Å². The van der Waals surface area contributed by atoms with E-state index >= 15 is 0 Å². The number of ether oxygens (including phenoxy) is 1. The molecule has 3 heterocycles. The van der Waals surface area contributed by atoms with E-state index < -0.39 is 0 Å². The highest BCUT2D eigenvalue weighted by Gasteiger charge is 2.27. The third-order valence-corrected chi connectivity index (χ3v) is 4.00. The van der Waals surface area contributed by atoms with Gasteiger partial charge in [0, 0.05) is 32.9 Å². The van der Waals surface area contributed by atoms with E-state index in [9.17, 15) is 0 Å². The Bertz CT molecular complexity index is 689. The summed E-state index contributed by atoms with van der Waals surface area (Å²) in [5.74, 6) is 1.36. The van der Waals surface area contributed by atoms with Gasteiger partial charge in [0.1, 0.15) is 5.82 Å². The first kappa shape index (κ1) is 14.9. The number of nitrogens with one attached hydrogen (secondary N) is 3. The standard InChI is InChI=1S/C15H22N6O/c1-8-5-9(2)18-14-12(8)13(16-3)20-15(21-14)19-10-6-17-7-11(10)22-4/h5,10-11,17H,6-7H2,1-4H3,(H2,16,18,19,20,21). The maximum absolute atomic E-state index is 5.47. The zero-order valence-corrected chi connectivity index (χ0v) is 13.4. The number of pyridine rings is 1. The van der Waals surface area contributed by atoms with Crippen molar-refractivity contribution in [1.82, 2.24) is 20.3 Å². The molecule has 2 aromatic heterocycles. The lowest BCUT2D eigenvalue weighted by molar-refractivity contribution is 0.111. The van der Waals surface area contributed by atoms with Gasteiger partial charge in [0.2, 0.25) is 5.95 Å². The summed E-state index contributed by atoms with van der Waals surface area (Å²) in [7, 11) is 3.58. The van der Waals surface area contributed by atoms with Crippen LogP contribution in [0.4, 0.5) is 11.8 Å². The highest BCUT2D eigenvalue weighted by atomic mass is 16.5. The van der Waals surface area contributed by atoms with Gasteiger partial charge in [-0.25, -0.2) is 4.98 Å². The topological polar surface area (TPSA) is 84.0 Å². The predicted molar refractivity (Wildman–Crippen MR) is 87.4 cm³/mol. The maximum Gasteiger partial charge on any atom is 0.227 e. The molecular weight excluding hydrogens is 280 g/mol. The summed E-state index contributed by atoms with van der Waals surface area (Å²) >= 11 is 0. The van der Waals surface area contributed by atoms with Crippen LogP contribution in [0.2, 0.25) is 0 Å². The lowest BCUT2D eigenvalue weighted by atomic mass is 10.1. The fourth-order valence-electron chi connectivity index (χ4n) is 2.94. The van der Waals surface area contributed by atoms with Crippen LogP contribution in [0.5, 0.6) is 0 Å². The first-order valence-corrected chi connectivity index (χ1v) is 7.46. The second-order valence-electron chi connectivity index (χ2n) is 5.61. The first-order valence-electron chi connectivity index (χ1n) is 7.46. The molecule has 7 heteroatoms. The minimum Gasteiger partial charge on any atom is -0.378 e. The Balaban J connectivity index is 2.00. The van der Waals surface area contributed by atoms with Gasteiger partial charge in [0.15, 0.2) is 5.65 Å². The fourth-order valence-corrected chi connectivity index (χ4v) is 2.94. The van der Waals surface area contributed by atoms with Crippen LogP contribution in [0, 0.1) is 13.8 Å². The Hall–Kier alpha value is -1.99. The molecule has 0 aliphatic carbocycles. The summed E-state index contributed by atoms with van der Waals surface area (Å²) in [6.45, 7) is 5.69. The molecule has 2 unspecified atom stereocenters. The van der Waals surface area contributed by atoms with Gasteiger partial charge in [-0.2, -0.15) is 9.97 Å². The van der Waals surface area contributed by atoms with Crippen LogP contribution in [0.25, 0.3) is 11.0 Å². The quantitative estimate of drug-likeness (QED) is 0.779. The molecule has 118 valence electrons. The van der Waals surface area contributed by atoms with E-state index in [1.807, 2.05) is 20.0 Å². The van der Waals surface area contributed by atoms with E-state index in [1.54, 1.807) is 7.11 Å². The van der Waals surface area contributed by atoms with Gasteiger partial charge < -0.3 is 20.7 Å². The van der Waals surface area contributed by atoms with Crippen LogP contribution in [0.3, 0.4) is 0 Å². The smallest absolute Gasteiger partial charge is 0.227 e. The molecule has 0 bridgehead atoms. The van der Waals surface area contributed by atoms with Crippen LogP contribution in [-0.4, -0.2) is 54.3 Å². The van der Waals surface area contributed by atoms with Crippen molar-refractivity contribution < 1.29 is 4.74 Å². The number of aromatic nitrogens is 3. The molecular formula is C15H22N6O. The van der Waals surface area contributed by atoms with Gasteiger partial charge in [-0.1, -0.05) is 0 Å². The van der Waals surface area contributed by atoms with Crippen molar-refractivity contribution in [2.24, 2.45) is 0 Å². The number of anilines is 2. The van der Waals surface area contributed by atoms with Gasteiger partial charge in [0.05, 0.1) is 17.5 Å². The molecule has 3 N–H and O–H groups in total. The van der Waals surface area contributed by atoms with E-state index in [-0.39, 0.29) is 12.1 Å². The molecule has 0 spiro atoms. The summed E-state index contributed by atoms with van der Waals surface area (Å²) in [6.07, 6.45) is 0.115.